The standard InChI is InChI=1S/C22H15FO3/c23-17-8-4-7-16(11-17)21-13-20(24)19-10-9-18(12-22(19)26-21)25-14-15-5-2-1-3-6-15/h1-13H,14H2. The second-order valence-corrected chi connectivity index (χ2v) is 5.92. The molecule has 3 aromatic carbocycles. The molecule has 128 valence electrons. The van der Waals surface area contributed by atoms with Crippen LogP contribution in [0.3, 0.4) is 0 Å². The van der Waals surface area contributed by atoms with Crippen LogP contribution in [0.4, 0.5) is 4.39 Å². The van der Waals surface area contributed by atoms with Gasteiger partial charge in [0.25, 0.3) is 0 Å². The van der Waals surface area contributed by atoms with Crippen molar-refractivity contribution >= 4 is 11.0 Å². The molecule has 0 aliphatic rings. The molecule has 4 aromatic rings. The van der Waals surface area contributed by atoms with Gasteiger partial charge >= 0.3 is 0 Å². The largest absolute Gasteiger partial charge is 0.489 e. The Bertz CT molecular complexity index is 1120. The first-order valence-corrected chi connectivity index (χ1v) is 8.20. The Balaban J connectivity index is 1.69. The van der Waals surface area contributed by atoms with E-state index in [1.54, 1.807) is 30.3 Å². The fourth-order valence-corrected chi connectivity index (χ4v) is 2.75. The number of rotatable bonds is 4. The maximum Gasteiger partial charge on any atom is 0.193 e. The second kappa shape index (κ2) is 6.84. The number of halogens is 1. The van der Waals surface area contributed by atoms with Crippen LogP contribution in [0.2, 0.25) is 0 Å². The van der Waals surface area contributed by atoms with E-state index >= 15 is 0 Å². The Labute approximate surface area is 149 Å². The Morgan fingerprint density at radius 2 is 1.73 bits per heavy atom. The smallest absolute Gasteiger partial charge is 0.193 e. The van der Waals surface area contributed by atoms with E-state index in [2.05, 4.69) is 0 Å². The molecule has 0 atom stereocenters. The zero-order valence-corrected chi connectivity index (χ0v) is 13.8. The van der Waals surface area contributed by atoms with E-state index in [0.29, 0.717) is 34.6 Å². The molecule has 1 aromatic heterocycles. The predicted molar refractivity (Wildman–Crippen MR) is 98.7 cm³/mol. The molecule has 0 bridgehead atoms. The first-order chi connectivity index (χ1) is 12.7. The van der Waals surface area contributed by atoms with Crippen molar-refractivity contribution in [3.63, 3.8) is 0 Å². The number of hydrogen-bond donors (Lipinski definition) is 0. The fourth-order valence-electron chi connectivity index (χ4n) is 2.75. The molecule has 4 rings (SSSR count). The van der Waals surface area contributed by atoms with E-state index in [1.807, 2.05) is 30.3 Å². The van der Waals surface area contributed by atoms with Crippen LogP contribution in [0.25, 0.3) is 22.3 Å². The lowest BCUT2D eigenvalue weighted by Gasteiger charge is -2.08. The molecule has 0 N–H and O–H groups in total. The lowest BCUT2D eigenvalue weighted by atomic mass is 10.1. The van der Waals surface area contributed by atoms with E-state index in [4.69, 9.17) is 9.15 Å². The normalized spacial score (nSPS) is 10.8. The Hall–Kier alpha value is -3.40. The van der Waals surface area contributed by atoms with Crippen LogP contribution in [0.5, 0.6) is 5.75 Å². The van der Waals surface area contributed by atoms with Crippen molar-refractivity contribution in [1.29, 1.82) is 0 Å². The van der Waals surface area contributed by atoms with E-state index in [1.165, 1.54) is 18.2 Å². The summed E-state index contributed by atoms with van der Waals surface area (Å²) in [7, 11) is 0. The van der Waals surface area contributed by atoms with Crippen molar-refractivity contribution in [3.8, 4) is 17.1 Å². The molecular weight excluding hydrogens is 331 g/mol. The van der Waals surface area contributed by atoms with E-state index in [9.17, 15) is 9.18 Å². The zero-order valence-electron chi connectivity index (χ0n) is 13.8. The Kier molecular flexibility index (Phi) is 4.23. The molecule has 0 saturated heterocycles. The van der Waals surface area contributed by atoms with Gasteiger partial charge in [0, 0.05) is 17.7 Å². The molecule has 4 heteroatoms. The minimum absolute atomic E-state index is 0.180. The van der Waals surface area contributed by atoms with Gasteiger partial charge in [-0.15, -0.1) is 0 Å². The summed E-state index contributed by atoms with van der Waals surface area (Å²) in [4.78, 5) is 12.4. The minimum Gasteiger partial charge on any atom is -0.489 e. The van der Waals surface area contributed by atoms with Gasteiger partial charge in [0.05, 0.1) is 5.39 Å². The molecule has 0 unspecified atom stereocenters. The summed E-state index contributed by atoms with van der Waals surface area (Å²) in [5.74, 6) is 0.535. The summed E-state index contributed by atoms with van der Waals surface area (Å²) in [6.07, 6.45) is 0. The Morgan fingerprint density at radius 3 is 2.54 bits per heavy atom. The molecular formula is C22H15FO3. The SMILES string of the molecule is O=c1cc(-c2cccc(F)c2)oc2cc(OCc3ccccc3)ccc12. The van der Waals surface area contributed by atoms with Crippen molar-refractivity contribution in [2.24, 2.45) is 0 Å². The third kappa shape index (κ3) is 3.35. The van der Waals surface area contributed by atoms with Crippen LogP contribution in [-0.4, -0.2) is 0 Å². The maximum absolute atomic E-state index is 13.5. The van der Waals surface area contributed by atoms with Crippen LogP contribution in [0, 0.1) is 5.82 Å². The van der Waals surface area contributed by atoms with Crippen molar-refractivity contribution in [1.82, 2.24) is 0 Å². The van der Waals surface area contributed by atoms with Crippen LogP contribution >= 0.6 is 0 Å². The highest BCUT2D eigenvalue weighted by Gasteiger charge is 2.09. The highest BCUT2D eigenvalue weighted by molar-refractivity contribution is 5.80. The molecule has 0 aliphatic carbocycles. The topological polar surface area (TPSA) is 39.4 Å². The van der Waals surface area contributed by atoms with E-state index in [0.717, 1.165) is 5.56 Å². The average Bonchev–Trinajstić information content (AvgIpc) is 2.67. The van der Waals surface area contributed by atoms with Crippen molar-refractivity contribution in [2.75, 3.05) is 0 Å². The van der Waals surface area contributed by atoms with Gasteiger partial charge in [0.2, 0.25) is 0 Å². The lowest BCUT2D eigenvalue weighted by molar-refractivity contribution is 0.306. The summed E-state index contributed by atoms with van der Waals surface area (Å²) in [6, 6.07) is 22.2. The average molecular weight is 346 g/mol. The van der Waals surface area contributed by atoms with Gasteiger partial charge in [0.15, 0.2) is 5.43 Å². The monoisotopic (exact) mass is 346 g/mol. The van der Waals surface area contributed by atoms with Gasteiger partial charge in [0.1, 0.15) is 29.5 Å². The molecule has 0 amide bonds. The van der Waals surface area contributed by atoms with Gasteiger partial charge in [-0.3, -0.25) is 4.79 Å². The first-order valence-electron chi connectivity index (χ1n) is 8.20. The molecule has 1 heterocycles. The molecule has 26 heavy (non-hydrogen) atoms. The molecule has 0 spiro atoms. The number of hydrogen-bond acceptors (Lipinski definition) is 3. The zero-order chi connectivity index (χ0) is 17.9. The van der Waals surface area contributed by atoms with Crippen molar-refractivity contribution in [3.05, 3.63) is 100 Å². The molecule has 0 fully saturated rings. The molecule has 0 aliphatic heterocycles. The number of benzene rings is 3. The van der Waals surface area contributed by atoms with Crippen molar-refractivity contribution in [2.45, 2.75) is 6.61 Å². The van der Waals surface area contributed by atoms with Gasteiger partial charge in [-0.25, -0.2) is 4.39 Å². The van der Waals surface area contributed by atoms with Crippen LogP contribution in [0.1, 0.15) is 5.56 Å². The summed E-state index contributed by atoms with van der Waals surface area (Å²) in [6.45, 7) is 0.417. The third-order valence-electron chi connectivity index (χ3n) is 4.06. The first kappa shape index (κ1) is 16.1. The molecule has 0 saturated carbocycles. The van der Waals surface area contributed by atoms with E-state index in [-0.39, 0.29) is 11.2 Å². The van der Waals surface area contributed by atoms with Gasteiger partial charge < -0.3 is 9.15 Å². The summed E-state index contributed by atoms with van der Waals surface area (Å²) >= 11 is 0. The number of ether oxygens (including phenoxy) is 1. The highest BCUT2D eigenvalue weighted by atomic mass is 19.1. The quantitative estimate of drug-likeness (QED) is 0.511. The summed E-state index contributed by atoms with van der Waals surface area (Å²) < 4.78 is 25.1. The minimum atomic E-state index is -0.384. The van der Waals surface area contributed by atoms with Crippen molar-refractivity contribution < 1.29 is 13.5 Å². The van der Waals surface area contributed by atoms with Gasteiger partial charge in [-0.05, 0) is 29.8 Å². The highest BCUT2D eigenvalue weighted by Crippen LogP contribution is 2.25. The predicted octanol–water partition coefficient (Wildman–Crippen LogP) is 5.18. The summed E-state index contributed by atoms with van der Waals surface area (Å²) in [5, 5.41) is 0.456. The second-order valence-electron chi connectivity index (χ2n) is 5.92. The molecule has 3 nitrogen and oxygen atoms in total. The number of fused-ring (bicyclic) bond motifs is 1. The third-order valence-corrected chi connectivity index (χ3v) is 4.06. The van der Waals surface area contributed by atoms with Crippen LogP contribution in [0.15, 0.2) is 88.1 Å². The van der Waals surface area contributed by atoms with E-state index < -0.39 is 0 Å². The Morgan fingerprint density at radius 1 is 0.885 bits per heavy atom. The molecule has 0 radical (unpaired) electrons. The lowest BCUT2D eigenvalue weighted by Crippen LogP contribution is -2.01. The summed E-state index contributed by atoms with van der Waals surface area (Å²) in [5.41, 5.74) is 1.78. The maximum atomic E-state index is 13.5. The fraction of sp³-hybridized carbons (Fsp3) is 0.0455. The van der Waals surface area contributed by atoms with Crippen LogP contribution in [-0.2, 0) is 6.61 Å². The van der Waals surface area contributed by atoms with Crippen LogP contribution < -0.4 is 10.2 Å². The van der Waals surface area contributed by atoms with Gasteiger partial charge in [-0.1, -0.05) is 42.5 Å². The van der Waals surface area contributed by atoms with Gasteiger partial charge in [-0.2, -0.15) is 0 Å².